The molecule has 3 N–H and O–H groups in total. The predicted molar refractivity (Wildman–Crippen MR) is 104 cm³/mol. The molecule has 14 heteroatoms. The Balaban J connectivity index is 1.76. The molecule has 0 aromatic carbocycles. The van der Waals surface area contributed by atoms with E-state index in [0.717, 1.165) is 4.90 Å². The predicted octanol–water partition coefficient (Wildman–Crippen LogP) is 0.440. The van der Waals surface area contributed by atoms with Crippen LogP contribution in [0.25, 0.3) is 0 Å². The molecule has 2 aliphatic heterocycles. The summed E-state index contributed by atoms with van der Waals surface area (Å²) in [6.07, 6.45) is -0.183. The van der Waals surface area contributed by atoms with Crippen molar-refractivity contribution in [2.45, 2.75) is 11.4 Å². The van der Waals surface area contributed by atoms with Gasteiger partial charge in [-0.15, -0.1) is 23.1 Å². The number of carboxylic acids is 1. The van der Waals surface area contributed by atoms with Gasteiger partial charge in [0.2, 0.25) is 12.5 Å². The van der Waals surface area contributed by atoms with Crippen molar-refractivity contribution >= 4 is 52.7 Å². The standard InChI is InChI=1S/C16H14N4O8S2/c1-2-7-4-30-15-11(13(24)20(15)14(7)28-16(25)26)18-12(23)10(8-5-29-6-17-8)19-27-3-9(21)22/h2,5-6,11,15H,1,3-4H2,(H,18,23)(H,21,22)(H,25,26)/t11?,15-/m0/s1. The fraction of sp³-hybridized carbons (Fsp3) is 0.250. The molecule has 0 saturated carbocycles. The summed E-state index contributed by atoms with van der Waals surface area (Å²) in [5.74, 6) is -2.49. The summed E-state index contributed by atoms with van der Waals surface area (Å²) < 4.78 is 4.73. The SMILES string of the molecule is C=CC1=C(OC(=O)O)N2C(=O)C(NC(=O)C(=NOCC(=O)O)c3cscn3)[C@@H]2SC1. The van der Waals surface area contributed by atoms with Crippen LogP contribution in [0.2, 0.25) is 0 Å². The molecule has 0 bridgehead atoms. The highest BCUT2D eigenvalue weighted by atomic mass is 32.2. The summed E-state index contributed by atoms with van der Waals surface area (Å²) in [5.41, 5.74) is 1.73. The molecule has 2 atom stereocenters. The molecule has 0 aliphatic carbocycles. The molecular formula is C16H14N4O8S2. The maximum absolute atomic E-state index is 12.7. The van der Waals surface area contributed by atoms with Crippen molar-refractivity contribution < 1.29 is 39.0 Å². The number of thiazole rings is 1. The first-order valence-corrected chi connectivity index (χ1v) is 10.1. The van der Waals surface area contributed by atoms with E-state index in [1.807, 2.05) is 0 Å². The van der Waals surface area contributed by atoms with E-state index < -0.39 is 42.0 Å². The molecule has 0 spiro atoms. The number of β-lactam (4-membered cyclic amide) rings is 1. The number of carbonyl (C=O) groups is 4. The molecule has 1 unspecified atom stereocenters. The Morgan fingerprint density at radius 3 is 2.80 bits per heavy atom. The first-order valence-electron chi connectivity index (χ1n) is 8.15. The number of hydrogen-bond acceptors (Lipinski definition) is 10. The third-order valence-corrected chi connectivity index (χ3v) is 5.79. The summed E-state index contributed by atoms with van der Waals surface area (Å²) in [6, 6.07) is -0.982. The van der Waals surface area contributed by atoms with E-state index in [1.54, 1.807) is 0 Å². The minimum Gasteiger partial charge on any atom is -0.479 e. The molecule has 2 aliphatic rings. The van der Waals surface area contributed by atoms with Gasteiger partial charge in [0.1, 0.15) is 17.1 Å². The third-order valence-electron chi connectivity index (χ3n) is 3.90. The zero-order valence-electron chi connectivity index (χ0n) is 15.0. The number of carboxylic acid groups (broad SMARTS) is 2. The van der Waals surface area contributed by atoms with Gasteiger partial charge in [0, 0.05) is 16.7 Å². The van der Waals surface area contributed by atoms with E-state index in [2.05, 4.69) is 26.9 Å². The van der Waals surface area contributed by atoms with E-state index in [9.17, 15) is 19.2 Å². The Hall–Kier alpha value is -3.39. The third kappa shape index (κ3) is 4.28. The lowest BCUT2D eigenvalue weighted by atomic mass is 10.1. The average Bonchev–Trinajstić information content (AvgIpc) is 3.22. The summed E-state index contributed by atoms with van der Waals surface area (Å²) >= 11 is 2.47. The Labute approximate surface area is 176 Å². The van der Waals surface area contributed by atoms with Gasteiger partial charge in [-0.1, -0.05) is 17.8 Å². The smallest absolute Gasteiger partial charge is 0.479 e. The Morgan fingerprint density at radius 2 is 2.20 bits per heavy atom. The summed E-state index contributed by atoms with van der Waals surface area (Å²) in [5, 5.41) is 24.5. The normalized spacial score (nSPS) is 20.7. The van der Waals surface area contributed by atoms with Crippen LogP contribution in [0.15, 0.2) is 40.2 Å². The van der Waals surface area contributed by atoms with Gasteiger partial charge in [0.25, 0.3) is 11.8 Å². The number of rotatable bonds is 8. The van der Waals surface area contributed by atoms with E-state index in [4.69, 9.17) is 14.9 Å². The van der Waals surface area contributed by atoms with Crippen LogP contribution in [0.4, 0.5) is 4.79 Å². The molecular weight excluding hydrogens is 440 g/mol. The lowest BCUT2D eigenvalue weighted by Crippen LogP contribution is -2.70. The Bertz CT molecular complexity index is 958. The van der Waals surface area contributed by atoms with Crippen LogP contribution in [-0.2, 0) is 24.0 Å². The zero-order valence-corrected chi connectivity index (χ0v) is 16.6. The van der Waals surface area contributed by atoms with Crippen LogP contribution in [0.1, 0.15) is 5.69 Å². The van der Waals surface area contributed by atoms with Gasteiger partial charge in [-0.2, -0.15) is 0 Å². The van der Waals surface area contributed by atoms with E-state index in [1.165, 1.54) is 40.1 Å². The molecule has 0 radical (unpaired) electrons. The molecule has 3 rings (SSSR count). The minimum atomic E-state index is -1.58. The van der Waals surface area contributed by atoms with Crippen molar-refractivity contribution in [3.63, 3.8) is 0 Å². The van der Waals surface area contributed by atoms with E-state index in [0.29, 0.717) is 11.3 Å². The highest BCUT2D eigenvalue weighted by Gasteiger charge is 2.54. The molecule has 2 amide bonds. The van der Waals surface area contributed by atoms with Crippen molar-refractivity contribution in [1.82, 2.24) is 15.2 Å². The van der Waals surface area contributed by atoms with Crippen molar-refractivity contribution in [3.8, 4) is 0 Å². The lowest BCUT2D eigenvalue weighted by molar-refractivity contribution is -0.148. The first-order chi connectivity index (χ1) is 14.3. The first kappa shape index (κ1) is 21.3. The number of carbonyl (C=O) groups excluding carboxylic acids is 2. The number of aliphatic carboxylic acids is 1. The van der Waals surface area contributed by atoms with Crippen molar-refractivity contribution in [3.05, 3.63) is 40.7 Å². The molecule has 30 heavy (non-hydrogen) atoms. The largest absolute Gasteiger partial charge is 0.512 e. The number of hydrogen-bond donors (Lipinski definition) is 3. The number of aromatic nitrogens is 1. The second-order valence-electron chi connectivity index (χ2n) is 5.74. The lowest BCUT2D eigenvalue weighted by Gasteiger charge is -2.48. The van der Waals surface area contributed by atoms with Gasteiger partial charge in [0.15, 0.2) is 5.71 Å². The zero-order chi connectivity index (χ0) is 21.8. The van der Waals surface area contributed by atoms with Gasteiger partial charge < -0.3 is 25.1 Å². The van der Waals surface area contributed by atoms with Gasteiger partial charge in [-0.05, 0) is 0 Å². The number of oxime groups is 1. The highest BCUT2D eigenvalue weighted by molar-refractivity contribution is 8.00. The molecule has 1 fully saturated rings. The van der Waals surface area contributed by atoms with Crippen LogP contribution >= 0.6 is 23.1 Å². The molecule has 1 saturated heterocycles. The fourth-order valence-corrected chi connectivity index (χ4v) is 4.47. The average molecular weight is 454 g/mol. The Morgan fingerprint density at radius 1 is 1.43 bits per heavy atom. The highest BCUT2D eigenvalue weighted by Crippen LogP contribution is 2.40. The molecule has 3 heterocycles. The summed E-state index contributed by atoms with van der Waals surface area (Å²) in [4.78, 5) is 56.6. The second kappa shape index (κ2) is 8.96. The van der Waals surface area contributed by atoms with E-state index >= 15 is 0 Å². The van der Waals surface area contributed by atoms with Crippen LogP contribution in [0, 0.1) is 0 Å². The van der Waals surface area contributed by atoms with Crippen LogP contribution < -0.4 is 5.32 Å². The number of thioether (sulfide) groups is 1. The van der Waals surface area contributed by atoms with Crippen molar-refractivity contribution in [2.24, 2.45) is 5.16 Å². The van der Waals surface area contributed by atoms with Crippen LogP contribution in [0.5, 0.6) is 0 Å². The second-order valence-corrected chi connectivity index (χ2v) is 7.57. The fourth-order valence-electron chi connectivity index (χ4n) is 2.61. The van der Waals surface area contributed by atoms with Gasteiger partial charge in [-0.25, -0.2) is 14.6 Å². The number of ether oxygens (including phenoxy) is 1. The van der Waals surface area contributed by atoms with Gasteiger partial charge in [0.05, 0.1) is 5.51 Å². The summed E-state index contributed by atoms with van der Waals surface area (Å²) in [7, 11) is 0. The van der Waals surface area contributed by atoms with Crippen LogP contribution in [-0.4, -0.2) is 73.5 Å². The quantitative estimate of drug-likeness (QED) is 0.217. The topological polar surface area (TPSA) is 168 Å². The van der Waals surface area contributed by atoms with Gasteiger partial charge in [-0.3, -0.25) is 14.5 Å². The van der Waals surface area contributed by atoms with Crippen LogP contribution in [0.3, 0.4) is 0 Å². The number of nitrogens with one attached hydrogen (secondary N) is 1. The summed E-state index contributed by atoms with van der Waals surface area (Å²) in [6.45, 7) is 2.82. The molecule has 12 nitrogen and oxygen atoms in total. The number of fused-ring (bicyclic) bond motifs is 1. The number of amides is 2. The maximum atomic E-state index is 12.7. The number of allylic oxidation sites excluding steroid dienone is 1. The molecule has 1 aromatic heterocycles. The van der Waals surface area contributed by atoms with Crippen molar-refractivity contribution in [2.75, 3.05) is 12.4 Å². The monoisotopic (exact) mass is 454 g/mol. The maximum Gasteiger partial charge on any atom is 0.512 e. The van der Waals surface area contributed by atoms with Gasteiger partial charge >= 0.3 is 12.1 Å². The Kier molecular flexibility index (Phi) is 6.37. The van der Waals surface area contributed by atoms with Crippen molar-refractivity contribution in [1.29, 1.82) is 0 Å². The minimum absolute atomic E-state index is 0.144. The molecule has 158 valence electrons. The van der Waals surface area contributed by atoms with E-state index in [-0.39, 0.29) is 17.3 Å². The molecule has 1 aromatic rings. The number of nitrogens with zero attached hydrogens (tertiary/aromatic N) is 3.